The lowest BCUT2D eigenvalue weighted by Crippen LogP contribution is -2.39. The Morgan fingerprint density at radius 2 is 2.00 bits per heavy atom. The second-order valence-electron chi connectivity index (χ2n) is 5.38. The van der Waals surface area contributed by atoms with E-state index in [-0.39, 0.29) is 29.9 Å². The molecule has 1 amide bonds. The molecule has 2 rings (SSSR count). The van der Waals surface area contributed by atoms with Crippen LogP contribution >= 0.6 is 24.0 Å². The summed E-state index contributed by atoms with van der Waals surface area (Å²) < 4.78 is 0. The molecule has 0 spiro atoms. The molecule has 2 aliphatic rings. The molecule has 0 radical (unpaired) electrons. The monoisotopic (exact) mass is 394 g/mol. The van der Waals surface area contributed by atoms with E-state index >= 15 is 0 Å². The van der Waals surface area contributed by atoms with Crippen LogP contribution in [0.2, 0.25) is 0 Å². The lowest BCUT2D eigenvalue weighted by atomic mass is 10.3. The molecule has 5 nitrogen and oxygen atoms in total. The van der Waals surface area contributed by atoms with Gasteiger partial charge in [0.1, 0.15) is 0 Å². The van der Waals surface area contributed by atoms with Gasteiger partial charge in [-0.2, -0.15) is 0 Å². The van der Waals surface area contributed by atoms with E-state index in [1.807, 2.05) is 0 Å². The van der Waals surface area contributed by atoms with Crippen LogP contribution in [0.3, 0.4) is 0 Å². The average Bonchev–Trinajstić information content (AvgIpc) is 3.04. The summed E-state index contributed by atoms with van der Waals surface area (Å²) in [7, 11) is 0. The van der Waals surface area contributed by atoms with Crippen molar-refractivity contribution in [2.24, 2.45) is 4.99 Å². The van der Waals surface area contributed by atoms with E-state index in [0.29, 0.717) is 12.5 Å². The minimum Gasteiger partial charge on any atom is -0.357 e. The summed E-state index contributed by atoms with van der Waals surface area (Å²) in [5, 5.41) is 6.34. The third-order valence-electron chi connectivity index (χ3n) is 3.51. The molecule has 0 aromatic rings. The zero-order valence-electron chi connectivity index (χ0n) is 12.4. The van der Waals surface area contributed by atoms with E-state index < -0.39 is 0 Å². The molecule has 2 N–H and O–H groups in total. The van der Waals surface area contributed by atoms with E-state index in [4.69, 9.17) is 0 Å². The summed E-state index contributed by atoms with van der Waals surface area (Å²) >= 11 is 0. The van der Waals surface area contributed by atoms with Gasteiger partial charge >= 0.3 is 0 Å². The predicted molar refractivity (Wildman–Crippen MR) is 92.6 cm³/mol. The Balaban J connectivity index is 0.00000200. The number of hydrogen-bond donors (Lipinski definition) is 2. The van der Waals surface area contributed by atoms with Gasteiger partial charge in [-0.25, -0.2) is 0 Å². The van der Waals surface area contributed by atoms with Crippen molar-refractivity contribution < 1.29 is 4.79 Å². The largest absolute Gasteiger partial charge is 0.357 e. The van der Waals surface area contributed by atoms with Gasteiger partial charge in [-0.15, -0.1) is 24.0 Å². The van der Waals surface area contributed by atoms with Gasteiger partial charge < -0.3 is 15.5 Å². The third kappa shape index (κ3) is 6.28. The fourth-order valence-electron chi connectivity index (χ4n) is 2.31. The van der Waals surface area contributed by atoms with Gasteiger partial charge in [0.25, 0.3) is 0 Å². The third-order valence-corrected chi connectivity index (χ3v) is 3.51. The van der Waals surface area contributed by atoms with Crippen LogP contribution in [0.1, 0.15) is 45.4 Å². The highest BCUT2D eigenvalue weighted by Gasteiger charge is 2.22. The smallest absolute Gasteiger partial charge is 0.220 e. The number of rotatable bonds is 6. The molecule has 1 saturated heterocycles. The molecular weight excluding hydrogens is 367 g/mol. The summed E-state index contributed by atoms with van der Waals surface area (Å²) in [5.41, 5.74) is 0. The lowest BCUT2D eigenvalue weighted by molar-refractivity contribution is -0.121. The molecule has 0 bridgehead atoms. The van der Waals surface area contributed by atoms with Crippen LogP contribution in [0.15, 0.2) is 4.99 Å². The van der Waals surface area contributed by atoms with Gasteiger partial charge in [-0.3, -0.25) is 9.79 Å². The standard InChI is InChI=1S/C14H26N4O.HI/c1-2-15-14(18-10-3-4-11-18)16-9-5-6-13(19)17-12-7-8-12;/h12H,2-11H2,1H3,(H,15,16)(H,17,19);1H. The van der Waals surface area contributed by atoms with Gasteiger partial charge in [-0.05, 0) is 39.0 Å². The zero-order valence-corrected chi connectivity index (χ0v) is 14.7. The number of likely N-dealkylation sites (tertiary alicyclic amines) is 1. The van der Waals surface area contributed by atoms with E-state index in [1.54, 1.807) is 0 Å². The Morgan fingerprint density at radius 3 is 2.60 bits per heavy atom. The average molecular weight is 394 g/mol. The molecule has 0 aromatic heterocycles. The number of amides is 1. The molecule has 6 heteroatoms. The van der Waals surface area contributed by atoms with Gasteiger partial charge in [0.2, 0.25) is 5.91 Å². The molecule has 116 valence electrons. The maximum Gasteiger partial charge on any atom is 0.220 e. The highest BCUT2D eigenvalue weighted by Crippen LogP contribution is 2.18. The van der Waals surface area contributed by atoms with Crippen molar-refractivity contribution in [3.8, 4) is 0 Å². The van der Waals surface area contributed by atoms with Gasteiger partial charge in [-0.1, -0.05) is 0 Å². The van der Waals surface area contributed by atoms with E-state index in [1.165, 1.54) is 12.8 Å². The second-order valence-corrected chi connectivity index (χ2v) is 5.38. The summed E-state index contributed by atoms with van der Waals surface area (Å²) in [6.45, 7) is 5.94. The van der Waals surface area contributed by atoms with E-state index in [0.717, 1.165) is 51.4 Å². The number of carbonyl (C=O) groups is 1. The number of nitrogens with zero attached hydrogens (tertiary/aromatic N) is 2. The Bertz CT molecular complexity index is 325. The quantitative estimate of drug-likeness (QED) is 0.312. The molecule has 0 aromatic carbocycles. The summed E-state index contributed by atoms with van der Waals surface area (Å²) in [4.78, 5) is 18.5. The molecule has 1 aliphatic carbocycles. The number of nitrogens with one attached hydrogen (secondary N) is 2. The maximum atomic E-state index is 11.5. The molecule has 1 heterocycles. The second kappa shape index (κ2) is 9.41. The number of guanidine groups is 1. The van der Waals surface area contributed by atoms with Crippen molar-refractivity contribution in [1.29, 1.82) is 0 Å². The van der Waals surface area contributed by atoms with Crippen molar-refractivity contribution in [3.05, 3.63) is 0 Å². The van der Waals surface area contributed by atoms with Crippen LogP contribution in [-0.2, 0) is 4.79 Å². The Kier molecular flexibility index (Phi) is 8.25. The molecule has 20 heavy (non-hydrogen) atoms. The zero-order chi connectivity index (χ0) is 13.5. The highest BCUT2D eigenvalue weighted by molar-refractivity contribution is 14.0. The van der Waals surface area contributed by atoms with Crippen LogP contribution < -0.4 is 10.6 Å². The Morgan fingerprint density at radius 1 is 1.30 bits per heavy atom. The molecule has 1 saturated carbocycles. The van der Waals surface area contributed by atoms with E-state index in [2.05, 4.69) is 27.4 Å². The lowest BCUT2D eigenvalue weighted by Gasteiger charge is -2.20. The molecule has 1 aliphatic heterocycles. The first kappa shape index (κ1) is 17.5. The first-order chi connectivity index (χ1) is 9.29. The van der Waals surface area contributed by atoms with Crippen LogP contribution in [-0.4, -0.2) is 49.0 Å². The van der Waals surface area contributed by atoms with Gasteiger partial charge in [0.15, 0.2) is 5.96 Å². The first-order valence-corrected chi connectivity index (χ1v) is 7.62. The summed E-state index contributed by atoms with van der Waals surface area (Å²) in [6.07, 6.45) is 6.26. The molecule has 2 fully saturated rings. The fourth-order valence-corrected chi connectivity index (χ4v) is 2.31. The Labute approximate surface area is 139 Å². The van der Waals surface area contributed by atoms with Gasteiger partial charge in [0, 0.05) is 38.6 Å². The van der Waals surface area contributed by atoms with Crippen LogP contribution in [0, 0.1) is 0 Å². The van der Waals surface area contributed by atoms with Crippen LogP contribution in [0.4, 0.5) is 0 Å². The number of halogens is 1. The number of hydrogen-bond acceptors (Lipinski definition) is 2. The summed E-state index contributed by atoms with van der Waals surface area (Å²) in [5.74, 6) is 1.20. The molecule has 0 unspecified atom stereocenters. The summed E-state index contributed by atoms with van der Waals surface area (Å²) in [6, 6.07) is 0.470. The topological polar surface area (TPSA) is 56.7 Å². The van der Waals surface area contributed by atoms with E-state index in [9.17, 15) is 4.79 Å². The van der Waals surface area contributed by atoms with Crippen molar-refractivity contribution in [3.63, 3.8) is 0 Å². The minimum absolute atomic E-state index is 0. The normalized spacial score (nSPS) is 18.6. The van der Waals surface area contributed by atoms with Crippen LogP contribution in [0.25, 0.3) is 0 Å². The van der Waals surface area contributed by atoms with Crippen LogP contribution in [0.5, 0.6) is 0 Å². The van der Waals surface area contributed by atoms with Crippen molar-refractivity contribution in [2.75, 3.05) is 26.2 Å². The van der Waals surface area contributed by atoms with Crippen molar-refractivity contribution in [2.45, 2.75) is 51.5 Å². The number of carbonyl (C=O) groups excluding carboxylic acids is 1. The van der Waals surface area contributed by atoms with Crippen molar-refractivity contribution >= 4 is 35.8 Å². The maximum absolute atomic E-state index is 11.5. The predicted octanol–water partition coefficient (Wildman–Crippen LogP) is 1.72. The number of aliphatic imine (C=N–C) groups is 1. The highest BCUT2D eigenvalue weighted by atomic mass is 127. The molecule has 0 atom stereocenters. The first-order valence-electron chi connectivity index (χ1n) is 7.62. The minimum atomic E-state index is 0. The van der Waals surface area contributed by atoms with Crippen molar-refractivity contribution in [1.82, 2.24) is 15.5 Å². The molecular formula is C14H27IN4O. The van der Waals surface area contributed by atoms with Gasteiger partial charge in [0.05, 0.1) is 0 Å². The SMILES string of the molecule is CCNC(=NCCCC(=O)NC1CC1)N1CCCC1.I. The Hall–Kier alpha value is -0.530. The fraction of sp³-hybridized carbons (Fsp3) is 0.857.